The van der Waals surface area contributed by atoms with Crippen molar-refractivity contribution in [2.24, 2.45) is 0 Å². The topological polar surface area (TPSA) is 67.2 Å². The van der Waals surface area contributed by atoms with Crippen LogP contribution < -0.4 is 16.4 Å². The molecule has 0 aliphatic rings. The molecule has 0 radical (unpaired) electrons. The van der Waals surface area contributed by atoms with Crippen molar-refractivity contribution in [1.29, 1.82) is 0 Å². The quantitative estimate of drug-likeness (QED) is 0.709. The lowest BCUT2D eigenvalue weighted by molar-refractivity contribution is 0.0956. The molecule has 4 N–H and O–H groups in total. The van der Waals surface area contributed by atoms with Crippen molar-refractivity contribution in [3.8, 4) is 0 Å². The first kappa shape index (κ1) is 15.7. The number of carbonyl (C=O) groups is 1. The molecule has 110 valence electrons. The second-order valence-electron chi connectivity index (χ2n) is 4.41. The molecule has 0 saturated heterocycles. The predicted molar refractivity (Wildman–Crippen MR) is 91.3 cm³/mol. The maximum Gasteiger partial charge on any atom is 0.253 e. The van der Waals surface area contributed by atoms with E-state index in [4.69, 9.17) is 17.3 Å². The number of carbonyl (C=O) groups excluding carboxylic acids is 1. The molecule has 0 unspecified atom stereocenters. The molecule has 2 rings (SSSR count). The summed E-state index contributed by atoms with van der Waals surface area (Å²) in [5.74, 6) is -0.161. The van der Waals surface area contributed by atoms with E-state index in [0.29, 0.717) is 34.2 Å². The van der Waals surface area contributed by atoms with Gasteiger partial charge in [0.2, 0.25) is 0 Å². The van der Waals surface area contributed by atoms with E-state index in [1.165, 1.54) is 0 Å². The van der Waals surface area contributed by atoms with Crippen LogP contribution in [0.25, 0.3) is 0 Å². The second-order valence-corrected chi connectivity index (χ2v) is 5.74. The molecule has 0 aliphatic carbocycles. The van der Waals surface area contributed by atoms with Crippen molar-refractivity contribution < 1.29 is 4.79 Å². The number of anilines is 3. The van der Waals surface area contributed by atoms with Crippen LogP contribution in [0, 0.1) is 0 Å². The Kier molecular flexibility index (Phi) is 5.09. The highest BCUT2D eigenvalue weighted by Gasteiger charge is 2.12. The summed E-state index contributed by atoms with van der Waals surface area (Å²) >= 11 is 9.56. The van der Waals surface area contributed by atoms with Crippen molar-refractivity contribution in [2.45, 2.75) is 6.92 Å². The fourth-order valence-electron chi connectivity index (χ4n) is 1.86. The summed E-state index contributed by atoms with van der Waals surface area (Å²) < 4.78 is 0.887. The number of rotatable bonds is 4. The summed E-state index contributed by atoms with van der Waals surface area (Å²) in [6.45, 7) is 2.42. The third-order valence-corrected chi connectivity index (χ3v) is 3.65. The van der Waals surface area contributed by atoms with Gasteiger partial charge in [0.15, 0.2) is 0 Å². The van der Waals surface area contributed by atoms with E-state index in [-0.39, 0.29) is 5.91 Å². The van der Waals surface area contributed by atoms with Gasteiger partial charge in [0.1, 0.15) is 0 Å². The molecule has 0 saturated carbocycles. The number of nitrogens with one attached hydrogen (secondary N) is 2. The molecule has 0 aromatic heterocycles. The number of halogens is 2. The van der Waals surface area contributed by atoms with Gasteiger partial charge in [-0.25, -0.2) is 0 Å². The summed E-state index contributed by atoms with van der Waals surface area (Å²) in [7, 11) is 0. The summed E-state index contributed by atoms with van der Waals surface area (Å²) in [5.41, 5.74) is 8.20. The number of nitrogens with two attached hydrogens (primary N) is 1. The molecule has 1 amide bonds. The first-order valence-corrected chi connectivity index (χ1v) is 7.58. The Balaban J connectivity index is 2.40. The first-order valence-electron chi connectivity index (χ1n) is 6.41. The zero-order valence-electron chi connectivity index (χ0n) is 11.4. The van der Waals surface area contributed by atoms with E-state index in [1.807, 2.05) is 19.1 Å². The second kappa shape index (κ2) is 6.83. The van der Waals surface area contributed by atoms with Crippen LogP contribution in [0.3, 0.4) is 0 Å². The van der Waals surface area contributed by atoms with Gasteiger partial charge in [-0.05, 0) is 43.3 Å². The highest BCUT2D eigenvalue weighted by Crippen LogP contribution is 2.30. The SMILES string of the molecule is CCNC(=O)c1ccc(N)cc1Nc1cc(Br)ccc1Cl. The van der Waals surface area contributed by atoms with E-state index in [9.17, 15) is 4.79 Å². The Bertz CT molecular complexity index is 676. The minimum Gasteiger partial charge on any atom is -0.399 e. The predicted octanol–water partition coefficient (Wildman–Crippen LogP) is 4.18. The molecule has 0 spiro atoms. The summed E-state index contributed by atoms with van der Waals surface area (Å²) in [6, 6.07) is 10.5. The molecule has 0 atom stereocenters. The first-order chi connectivity index (χ1) is 10.0. The molecule has 0 aliphatic heterocycles. The van der Waals surface area contributed by atoms with Crippen LogP contribution >= 0.6 is 27.5 Å². The Hall–Kier alpha value is -1.72. The fraction of sp³-hybridized carbons (Fsp3) is 0.133. The van der Waals surface area contributed by atoms with E-state index in [1.54, 1.807) is 24.3 Å². The number of amides is 1. The molecular formula is C15H15BrClN3O. The molecule has 21 heavy (non-hydrogen) atoms. The Morgan fingerprint density at radius 1 is 1.24 bits per heavy atom. The number of nitrogen functional groups attached to an aromatic ring is 1. The molecule has 0 heterocycles. The van der Waals surface area contributed by atoms with Crippen molar-refractivity contribution >= 4 is 50.5 Å². The van der Waals surface area contributed by atoms with Gasteiger partial charge >= 0.3 is 0 Å². The highest BCUT2D eigenvalue weighted by atomic mass is 79.9. The lowest BCUT2D eigenvalue weighted by Gasteiger charge is -2.14. The number of hydrogen-bond donors (Lipinski definition) is 3. The van der Waals surface area contributed by atoms with Gasteiger partial charge in [0, 0.05) is 16.7 Å². The van der Waals surface area contributed by atoms with Gasteiger partial charge in [0.25, 0.3) is 5.91 Å². The largest absolute Gasteiger partial charge is 0.399 e. The summed E-state index contributed by atoms with van der Waals surface area (Å²) in [5, 5.41) is 6.49. The van der Waals surface area contributed by atoms with Crippen LogP contribution in [0.2, 0.25) is 5.02 Å². The summed E-state index contributed by atoms with van der Waals surface area (Å²) in [6.07, 6.45) is 0. The third-order valence-electron chi connectivity index (χ3n) is 2.82. The Morgan fingerprint density at radius 3 is 2.71 bits per heavy atom. The zero-order valence-corrected chi connectivity index (χ0v) is 13.8. The van der Waals surface area contributed by atoms with Crippen LogP contribution in [0.5, 0.6) is 0 Å². The lowest BCUT2D eigenvalue weighted by atomic mass is 10.1. The Labute approximate surface area is 136 Å². The van der Waals surface area contributed by atoms with Crippen molar-refractivity contribution in [1.82, 2.24) is 5.32 Å². The van der Waals surface area contributed by atoms with Gasteiger partial charge in [-0.2, -0.15) is 0 Å². The van der Waals surface area contributed by atoms with E-state index >= 15 is 0 Å². The van der Waals surface area contributed by atoms with E-state index in [2.05, 4.69) is 26.6 Å². The minimum absolute atomic E-state index is 0.161. The minimum atomic E-state index is -0.161. The molecule has 4 nitrogen and oxygen atoms in total. The number of hydrogen-bond acceptors (Lipinski definition) is 3. The average Bonchev–Trinajstić information content (AvgIpc) is 2.43. The molecule has 2 aromatic rings. The zero-order chi connectivity index (χ0) is 15.4. The van der Waals surface area contributed by atoms with Gasteiger partial charge in [-0.3, -0.25) is 4.79 Å². The monoisotopic (exact) mass is 367 g/mol. The van der Waals surface area contributed by atoms with Gasteiger partial charge in [0.05, 0.1) is 22.0 Å². The van der Waals surface area contributed by atoms with Crippen LogP contribution in [0.1, 0.15) is 17.3 Å². The van der Waals surface area contributed by atoms with Crippen LogP contribution in [-0.4, -0.2) is 12.5 Å². The highest BCUT2D eigenvalue weighted by molar-refractivity contribution is 9.10. The Morgan fingerprint density at radius 2 is 2.00 bits per heavy atom. The maximum absolute atomic E-state index is 12.1. The van der Waals surface area contributed by atoms with Crippen molar-refractivity contribution in [2.75, 3.05) is 17.6 Å². The molecule has 0 bridgehead atoms. The van der Waals surface area contributed by atoms with Gasteiger partial charge in [-0.15, -0.1) is 0 Å². The smallest absolute Gasteiger partial charge is 0.253 e. The van der Waals surface area contributed by atoms with Crippen LogP contribution in [-0.2, 0) is 0 Å². The van der Waals surface area contributed by atoms with Crippen LogP contribution in [0.4, 0.5) is 17.1 Å². The maximum atomic E-state index is 12.1. The number of benzene rings is 2. The standard InChI is InChI=1S/C15H15BrClN3O/c1-2-19-15(21)11-5-4-10(18)8-13(11)20-14-7-9(16)3-6-12(14)17/h3-8,20H,2,18H2,1H3,(H,19,21). The molecule has 6 heteroatoms. The van der Waals surface area contributed by atoms with E-state index in [0.717, 1.165) is 4.47 Å². The fourth-order valence-corrected chi connectivity index (χ4v) is 2.38. The van der Waals surface area contributed by atoms with E-state index < -0.39 is 0 Å². The lowest BCUT2D eigenvalue weighted by Crippen LogP contribution is -2.23. The van der Waals surface area contributed by atoms with Crippen LogP contribution in [0.15, 0.2) is 40.9 Å². The normalized spacial score (nSPS) is 10.2. The molecule has 2 aromatic carbocycles. The van der Waals surface area contributed by atoms with Crippen molar-refractivity contribution in [3.63, 3.8) is 0 Å². The van der Waals surface area contributed by atoms with Crippen molar-refractivity contribution in [3.05, 3.63) is 51.5 Å². The average molecular weight is 369 g/mol. The van der Waals surface area contributed by atoms with Gasteiger partial charge in [-0.1, -0.05) is 27.5 Å². The third kappa shape index (κ3) is 3.89. The van der Waals surface area contributed by atoms with Gasteiger partial charge < -0.3 is 16.4 Å². The molecule has 0 fully saturated rings. The summed E-state index contributed by atoms with van der Waals surface area (Å²) in [4.78, 5) is 12.1. The molecular weight excluding hydrogens is 354 g/mol.